The van der Waals surface area contributed by atoms with Gasteiger partial charge in [0.25, 0.3) is 0 Å². The molecule has 2 aromatic rings. The van der Waals surface area contributed by atoms with Gasteiger partial charge in [-0.25, -0.2) is 9.97 Å². The van der Waals surface area contributed by atoms with E-state index in [-0.39, 0.29) is 5.91 Å². The SMILES string of the molecule is CC(=O)N1CCN(c2nc(C)nc3c2cnn3C)CC1. The Kier molecular flexibility index (Phi) is 3.04. The average molecular weight is 274 g/mol. The van der Waals surface area contributed by atoms with Crippen molar-refractivity contribution in [2.24, 2.45) is 7.05 Å². The summed E-state index contributed by atoms with van der Waals surface area (Å²) in [4.78, 5) is 24.5. The van der Waals surface area contributed by atoms with Gasteiger partial charge in [0, 0.05) is 40.2 Å². The largest absolute Gasteiger partial charge is 0.352 e. The summed E-state index contributed by atoms with van der Waals surface area (Å²) in [5.74, 6) is 1.80. The predicted octanol–water partition coefficient (Wildman–Crippen LogP) is 0.340. The number of fused-ring (bicyclic) bond motifs is 1. The highest BCUT2D eigenvalue weighted by Gasteiger charge is 2.22. The van der Waals surface area contributed by atoms with Crippen molar-refractivity contribution in [2.45, 2.75) is 13.8 Å². The van der Waals surface area contributed by atoms with Gasteiger partial charge in [-0.05, 0) is 6.92 Å². The summed E-state index contributed by atoms with van der Waals surface area (Å²) in [6.07, 6.45) is 1.81. The van der Waals surface area contributed by atoms with Gasteiger partial charge in [-0.15, -0.1) is 0 Å². The molecule has 3 heterocycles. The van der Waals surface area contributed by atoms with Crippen molar-refractivity contribution in [3.05, 3.63) is 12.0 Å². The lowest BCUT2D eigenvalue weighted by molar-refractivity contribution is -0.129. The Morgan fingerprint density at radius 2 is 1.90 bits per heavy atom. The molecule has 0 bridgehead atoms. The minimum atomic E-state index is 0.134. The van der Waals surface area contributed by atoms with E-state index in [1.807, 2.05) is 18.9 Å². The molecule has 7 nitrogen and oxygen atoms in total. The molecule has 0 aromatic carbocycles. The van der Waals surface area contributed by atoms with E-state index in [0.29, 0.717) is 0 Å². The van der Waals surface area contributed by atoms with Crippen LogP contribution in [0.15, 0.2) is 6.20 Å². The fourth-order valence-electron chi connectivity index (χ4n) is 2.59. The maximum atomic E-state index is 11.4. The highest BCUT2D eigenvalue weighted by Crippen LogP contribution is 2.24. The molecule has 2 aromatic heterocycles. The first-order valence-electron chi connectivity index (χ1n) is 6.73. The molecule has 7 heteroatoms. The highest BCUT2D eigenvalue weighted by atomic mass is 16.2. The molecule has 0 unspecified atom stereocenters. The van der Waals surface area contributed by atoms with Gasteiger partial charge in [0.05, 0.1) is 11.6 Å². The van der Waals surface area contributed by atoms with Crippen LogP contribution in [0.25, 0.3) is 11.0 Å². The standard InChI is InChI=1S/C13H18N6O/c1-9-15-12-11(8-14-17(12)3)13(16-9)19-6-4-18(5-7-19)10(2)20/h8H,4-7H2,1-3H3. The molecule has 1 amide bonds. The van der Waals surface area contributed by atoms with Crippen LogP contribution in [0.3, 0.4) is 0 Å². The molecule has 0 N–H and O–H groups in total. The van der Waals surface area contributed by atoms with Crippen molar-refractivity contribution >= 4 is 22.8 Å². The summed E-state index contributed by atoms with van der Waals surface area (Å²) in [6.45, 7) is 6.56. The zero-order chi connectivity index (χ0) is 14.3. The Labute approximate surface area is 117 Å². The number of amides is 1. The van der Waals surface area contributed by atoms with Gasteiger partial charge < -0.3 is 9.80 Å². The molecule has 1 aliphatic heterocycles. The average Bonchev–Trinajstić information content (AvgIpc) is 2.80. The van der Waals surface area contributed by atoms with Crippen LogP contribution in [-0.2, 0) is 11.8 Å². The molecule has 0 saturated carbocycles. The first-order chi connectivity index (χ1) is 9.56. The third kappa shape index (κ3) is 2.09. The Hall–Kier alpha value is -2.18. The van der Waals surface area contributed by atoms with E-state index in [0.717, 1.165) is 48.9 Å². The van der Waals surface area contributed by atoms with Crippen molar-refractivity contribution in [1.29, 1.82) is 0 Å². The molecule has 0 atom stereocenters. The summed E-state index contributed by atoms with van der Waals surface area (Å²) in [5, 5.41) is 5.23. The van der Waals surface area contributed by atoms with Crippen molar-refractivity contribution in [3.8, 4) is 0 Å². The van der Waals surface area contributed by atoms with E-state index in [1.165, 1.54) is 0 Å². The van der Waals surface area contributed by atoms with Crippen molar-refractivity contribution in [3.63, 3.8) is 0 Å². The molecule has 3 rings (SSSR count). The van der Waals surface area contributed by atoms with Gasteiger partial charge in [0.15, 0.2) is 5.65 Å². The number of aryl methyl sites for hydroxylation is 2. The number of aromatic nitrogens is 4. The van der Waals surface area contributed by atoms with Crippen LogP contribution in [0.2, 0.25) is 0 Å². The van der Waals surface area contributed by atoms with Crippen LogP contribution in [-0.4, -0.2) is 56.7 Å². The van der Waals surface area contributed by atoms with Crippen LogP contribution in [0, 0.1) is 6.92 Å². The quantitative estimate of drug-likeness (QED) is 0.750. The van der Waals surface area contributed by atoms with E-state index < -0.39 is 0 Å². The Morgan fingerprint density at radius 1 is 1.20 bits per heavy atom. The summed E-state index contributed by atoms with van der Waals surface area (Å²) in [5.41, 5.74) is 0.849. The van der Waals surface area contributed by atoms with Crippen LogP contribution in [0.5, 0.6) is 0 Å². The van der Waals surface area contributed by atoms with Crippen LogP contribution in [0.4, 0.5) is 5.82 Å². The van der Waals surface area contributed by atoms with Gasteiger partial charge in [-0.3, -0.25) is 9.48 Å². The first-order valence-corrected chi connectivity index (χ1v) is 6.73. The number of nitrogens with zero attached hydrogens (tertiary/aromatic N) is 6. The monoisotopic (exact) mass is 274 g/mol. The number of hydrogen-bond acceptors (Lipinski definition) is 5. The first kappa shape index (κ1) is 12.8. The summed E-state index contributed by atoms with van der Waals surface area (Å²) in [6, 6.07) is 0. The molecule has 0 radical (unpaired) electrons. The topological polar surface area (TPSA) is 67.2 Å². The van der Waals surface area contributed by atoms with Gasteiger partial charge in [-0.2, -0.15) is 5.10 Å². The van der Waals surface area contributed by atoms with Gasteiger partial charge >= 0.3 is 0 Å². The van der Waals surface area contributed by atoms with Crippen LogP contribution >= 0.6 is 0 Å². The number of piperazine rings is 1. The lowest BCUT2D eigenvalue weighted by Crippen LogP contribution is -2.48. The fourth-order valence-corrected chi connectivity index (χ4v) is 2.59. The van der Waals surface area contributed by atoms with E-state index in [2.05, 4.69) is 20.0 Å². The number of hydrogen-bond donors (Lipinski definition) is 0. The molecule has 106 valence electrons. The lowest BCUT2D eigenvalue weighted by atomic mass is 10.2. The van der Waals surface area contributed by atoms with Gasteiger partial charge in [0.2, 0.25) is 5.91 Å². The Morgan fingerprint density at radius 3 is 2.55 bits per heavy atom. The van der Waals surface area contributed by atoms with Crippen molar-refractivity contribution in [1.82, 2.24) is 24.6 Å². The number of rotatable bonds is 1. The second-order valence-corrected chi connectivity index (χ2v) is 5.09. The normalized spacial score (nSPS) is 15.9. The van der Waals surface area contributed by atoms with E-state index in [1.54, 1.807) is 17.8 Å². The zero-order valence-electron chi connectivity index (χ0n) is 12.0. The minimum Gasteiger partial charge on any atom is -0.352 e. The second kappa shape index (κ2) is 4.73. The maximum Gasteiger partial charge on any atom is 0.219 e. The molecule has 0 aliphatic carbocycles. The van der Waals surface area contributed by atoms with E-state index >= 15 is 0 Å². The highest BCUT2D eigenvalue weighted by molar-refractivity contribution is 5.87. The fraction of sp³-hybridized carbons (Fsp3) is 0.538. The molecule has 1 fully saturated rings. The molecular formula is C13H18N6O. The number of carbonyl (C=O) groups is 1. The van der Waals surface area contributed by atoms with Crippen LogP contribution < -0.4 is 4.90 Å². The minimum absolute atomic E-state index is 0.134. The summed E-state index contributed by atoms with van der Waals surface area (Å²) in [7, 11) is 1.88. The molecule has 0 spiro atoms. The molecular weight excluding hydrogens is 256 g/mol. The summed E-state index contributed by atoms with van der Waals surface area (Å²) >= 11 is 0. The number of anilines is 1. The molecule has 1 saturated heterocycles. The number of carbonyl (C=O) groups excluding carboxylic acids is 1. The van der Waals surface area contributed by atoms with Crippen LogP contribution in [0.1, 0.15) is 12.7 Å². The smallest absolute Gasteiger partial charge is 0.219 e. The third-order valence-corrected chi connectivity index (χ3v) is 3.71. The Bertz CT molecular complexity index is 656. The molecule has 1 aliphatic rings. The lowest BCUT2D eigenvalue weighted by Gasteiger charge is -2.35. The van der Waals surface area contributed by atoms with Crippen molar-refractivity contribution in [2.75, 3.05) is 31.1 Å². The Balaban J connectivity index is 1.93. The van der Waals surface area contributed by atoms with Gasteiger partial charge in [-0.1, -0.05) is 0 Å². The van der Waals surface area contributed by atoms with E-state index in [9.17, 15) is 4.79 Å². The van der Waals surface area contributed by atoms with Crippen molar-refractivity contribution < 1.29 is 4.79 Å². The predicted molar refractivity (Wildman–Crippen MR) is 75.5 cm³/mol. The molecule has 20 heavy (non-hydrogen) atoms. The van der Waals surface area contributed by atoms with Gasteiger partial charge in [0.1, 0.15) is 11.6 Å². The van der Waals surface area contributed by atoms with E-state index in [4.69, 9.17) is 0 Å². The second-order valence-electron chi connectivity index (χ2n) is 5.09. The third-order valence-electron chi connectivity index (χ3n) is 3.71. The maximum absolute atomic E-state index is 11.4. The zero-order valence-corrected chi connectivity index (χ0v) is 12.0. The summed E-state index contributed by atoms with van der Waals surface area (Å²) < 4.78 is 1.76.